The molecule has 2 bridgehead atoms. The van der Waals surface area contributed by atoms with Crippen LogP contribution in [0.4, 0.5) is 0 Å². The first-order valence-corrected chi connectivity index (χ1v) is 17.9. The van der Waals surface area contributed by atoms with E-state index in [9.17, 15) is 9.90 Å². The van der Waals surface area contributed by atoms with E-state index in [0.29, 0.717) is 36.9 Å². The monoisotopic (exact) mass is 615 g/mol. The van der Waals surface area contributed by atoms with E-state index in [1.165, 1.54) is 0 Å². The molecule has 5 aliphatic rings. The molecule has 0 aromatic rings. The molecule has 0 aromatic heterocycles. The summed E-state index contributed by atoms with van der Waals surface area (Å²) in [6.07, 6.45) is 10.6. The SMILES string of the molecule is CCC(CC)(CO[C@H]1[C@H](OC)C[C@@]23COCC1(C)[C@@H]2CC[C@H]1C3=CC[C@@]2(C)[C@H](C(=O)O)[C@@](C)([C@H](C)C(C)C)CC[C@]12C)NC. The van der Waals surface area contributed by atoms with Gasteiger partial charge in [-0.3, -0.25) is 4.79 Å². The van der Waals surface area contributed by atoms with Gasteiger partial charge in [0.25, 0.3) is 0 Å². The van der Waals surface area contributed by atoms with E-state index >= 15 is 0 Å². The van der Waals surface area contributed by atoms with Crippen molar-refractivity contribution < 1.29 is 24.1 Å². The van der Waals surface area contributed by atoms with Crippen molar-refractivity contribution >= 4 is 5.97 Å². The van der Waals surface area contributed by atoms with Gasteiger partial charge in [0.15, 0.2) is 0 Å². The van der Waals surface area contributed by atoms with Crippen molar-refractivity contribution in [2.24, 2.45) is 56.7 Å². The number of fused-ring (bicyclic) bond motifs is 3. The van der Waals surface area contributed by atoms with Gasteiger partial charge in [0.2, 0.25) is 0 Å². The maximum atomic E-state index is 13.3. The van der Waals surface area contributed by atoms with E-state index in [2.05, 4.69) is 80.8 Å². The topological polar surface area (TPSA) is 77.0 Å². The highest BCUT2D eigenvalue weighted by molar-refractivity contribution is 5.73. The third kappa shape index (κ3) is 4.57. The zero-order valence-corrected chi connectivity index (χ0v) is 30.0. The summed E-state index contributed by atoms with van der Waals surface area (Å²) in [7, 11) is 3.92. The van der Waals surface area contributed by atoms with E-state index in [0.717, 1.165) is 58.0 Å². The highest BCUT2D eigenvalue weighted by atomic mass is 16.5. The lowest BCUT2D eigenvalue weighted by molar-refractivity contribution is -0.269. The van der Waals surface area contributed by atoms with Crippen LogP contribution in [0.1, 0.15) is 114 Å². The minimum atomic E-state index is -0.598. The molecule has 1 heterocycles. The number of carboxylic acid groups (broad SMARTS) is 1. The zero-order chi connectivity index (χ0) is 32.5. The molecule has 2 N–H and O–H groups in total. The van der Waals surface area contributed by atoms with Crippen LogP contribution in [-0.2, 0) is 19.0 Å². The quantitative estimate of drug-likeness (QED) is 0.245. The summed E-state index contributed by atoms with van der Waals surface area (Å²) in [6, 6.07) is 0. The summed E-state index contributed by atoms with van der Waals surface area (Å²) in [5, 5.41) is 14.5. The first kappa shape index (κ1) is 34.4. The fourth-order valence-corrected chi connectivity index (χ4v) is 12.2. The van der Waals surface area contributed by atoms with Crippen LogP contribution in [0.3, 0.4) is 0 Å². The molecule has 0 spiro atoms. The molecule has 3 saturated carbocycles. The average Bonchev–Trinajstić information content (AvgIpc) is 2.98. The number of hydrogen-bond acceptors (Lipinski definition) is 5. The van der Waals surface area contributed by atoms with Crippen molar-refractivity contribution in [3.8, 4) is 0 Å². The van der Waals surface area contributed by atoms with Crippen molar-refractivity contribution in [1.29, 1.82) is 0 Å². The third-order valence-corrected chi connectivity index (χ3v) is 15.8. The van der Waals surface area contributed by atoms with Crippen molar-refractivity contribution in [2.45, 2.75) is 131 Å². The van der Waals surface area contributed by atoms with Crippen LogP contribution in [0, 0.1) is 56.7 Å². The molecule has 4 fully saturated rings. The lowest BCUT2D eigenvalue weighted by atomic mass is 9.34. The lowest BCUT2D eigenvalue weighted by Gasteiger charge is -2.71. The minimum absolute atomic E-state index is 0.00232. The van der Waals surface area contributed by atoms with Crippen LogP contribution in [0.15, 0.2) is 11.6 Å². The van der Waals surface area contributed by atoms with Gasteiger partial charge in [-0.2, -0.15) is 0 Å². The van der Waals surface area contributed by atoms with Crippen molar-refractivity contribution in [3.05, 3.63) is 11.6 Å². The summed E-state index contributed by atoms with van der Waals surface area (Å²) >= 11 is 0. The van der Waals surface area contributed by atoms with Crippen LogP contribution in [0.5, 0.6) is 0 Å². The van der Waals surface area contributed by atoms with Gasteiger partial charge in [0.1, 0.15) is 0 Å². The molecular formula is C38H65NO5. The highest BCUT2D eigenvalue weighted by Gasteiger charge is 2.71. The number of aliphatic carboxylic acids is 1. The Bertz CT molecular complexity index is 1110. The predicted molar refractivity (Wildman–Crippen MR) is 176 cm³/mol. The molecule has 1 unspecified atom stereocenters. The van der Waals surface area contributed by atoms with Gasteiger partial charge in [-0.05, 0) is 98.3 Å². The number of carbonyl (C=O) groups is 1. The summed E-state index contributed by atoms with van der Waals surface area (Å²) in [4.78, 5) is 13.3. The fourth-order valence-electron chi connectivity index (χ4n) is 12.2. The Morgan fingerprint density at radius 2 is 1.77 bits per heavy atom. The second-order valence-corrected chi connectivity index (χ2v) is 17.3. The van der Waals surface area contributed by atoms with Gasteiger partial charge in [0, 0.05) is 23.5 Å². The lowest BCUT2D eigenvalue weighted by Crippen LogP contribution is -2.70. The van der Waals surface area contributed by atoms with Crippen molar-refractivity contribution in [3.63, 3.8) is 0 Å². The van der Waals surface area contributed by atoms with Crippen molar-refractivity contribution in [2.75, 3.05) is 34.0 Å². The van der Waals surface area contributed by atoms with Gasteiger partial charge in [-0.15, -0.1) is 0 Å². The molecule has 5 rings (SSSR count). The molecule has 1 saturated heterocycles. The normalized spacial score (nSPS) is 46.0. The first-order valence-electron chi connectivity index (χ1n) is 17.9. The number of allylic oxidation sites excluding steroid dienone is 1. The molecule has 6 heteroatoms. The Morgan fingerprint density at radius 3 is 2.34 bits per heavy atom. The Morgan fingerprint density at radius 1 is 1.09 bits per heavy atom. The third-order valence-electron chi connectivity index (χ3n) is 15.8. The van der Waals surface area contributed by atoms with Gasteiger partial charge in [-0.1, -0.05) is 74.0 Å². The number of nitrogens with one attached hydrogen (secondary N) is 1. The Balaban J connectivity index is 1.54. The summed E-state index contributed by atoms with van der Waals surface area (Å²) in [5.74, 6) is 0.667. The molecule has 252 valence electrons. The molecule has 6 nitrogen and oxygen atoms in total. The second kappa shape index (κ2) is 11.6. The predicted octanol–water partition coefficient (Wildman–Crippen LogP) is 7.75. The highest BCUT2D eigenvalue weighted by Crippen LogP contribution is 2.75. The number of rotatable bonds is 10. The van der Waals surface area contributed by atoms with Crippen LogP contribution in [0.25, 0.3) is 0 Å². The fraction of sp³-hybridized carbons (Fsp3) is 0.921. The summed E-state index contributed by atoms with van der Waals surface area (Å²) in [6.45, 7) is 22.9. The molecule has 0 radical (unpaired) electrons. The molecular weight excluding hydrogens is 550 g/mol. The first-order chi connectivity index (χ1) is 20.6. The average molecular weight is 616 g/mol. The van der Waals surface area contributed by atoms with E-state index < -0.39 is 5.97 Å². The molecule has 11 atom stereocenters. The van der Waals surface area contributed by atoms with Gasteiger partial charge < -0.3 is 24.6 Å². The Hall–Kier alpha value is -0.950. The van der Waals surface area contributed by atoms with Crippen LogP contribution in [0.2, 0.25) is 0 Å². The molecule has 0 aromatic carbocycles. The number of ether oxygens (including phenoxy) is 3. The number of likely N-dealkylation sites (N-methyl/N-ethyl adjacent to an activating group) is 1. The maximum Gasteiger partial charge on any atom is 0.307 e. The number of carboxylic acids is 1. The van der Waals surface area contributed by atoms with Gasteiger partial charge in [0.05, 0.1) is 37.9 Å². The van der Waals surface area contributed by atoms with E-state index in [-0.39, 0.29) is 50.7 Å². The van der Waals surface area contributed by atoms with Crippen LogP contribution >= 0.6 is 0 Å². The second-order valence-electron chi connectivity index (χ2n) is 17.3. The van der Waals surface area contributed by atoms with E-state index in [1.54, 1.807) is 5.57 Å². The molecule has 0 amide bonds. The maximum absolute atomic E-state index is 13.3. The molecule has 44 heavy (non-hydrogen) atoms. The van der Waals surface area contributed by atoms with Crippen molar-refractivity contribution in [1.82, 2.24) is 5.32 Å². The standard InChI is InChI=1S/C38H65NO5/c1-12-37(13-2,39-10)22-44-31-28(42-11)20-38-23-43-21-34(31,7)29(38)15-14-26-27(38)16-17-36(9)30(32(40)41)33(6,25(5)24(3)4)18-19-35(26,36)8/h16,24-26,28-31,39H,12-15,17-23H2,1-11H3,(H,40,41)/t25-,26+,28-,29+,30-,31+,33-,34?,35-,36+,38+/m1/s1. The van der Waals surface area contributed by atoms with Crippen LogP contribution < -0.4 is 5.32 Å². The summed E-state index contributed by atoms with van der Waals surface area (Å²) < 4.78 is 20.0. The molecule has 4 aliphatic carbocycles. The van der Waals surface area contributed by atoms with E-state index in [4.69, 9.17) is 14.2 Å². The Kier molecular flexibility index (Phi) is 9.09. The Labute approximate surface area is 268 Å². The zero-order valence-electron chi connectivity index (χ0n) is 30.0. The smallest absolute Gasteiger partial charge is 0.307 e. The molecule has 1 aliphatic heterocycles. The largest absolute Gasteiger partial charge is 0.481 e. The van der Waals surface area contributed by atoms with Gasteiger partial charge in [-0.25, -0.2) is 0 Å². The van der Waals surface area contributed by atoms with Crippen LogP contribution in [-0.4, -0.2) is 62.8 Å². The summed E-state index contributed by atoms with van der Waals surface area (Å²) in [5.41, 5.74) is 0.699. The number of hydrogen-bond donors (Lipinski definition) is 2. The number of methoxy groups -OCH3 is 1. The van der Waals surface area contributed by atoms with Gasteiger partial charge >= 0.3 is 5.97 Å². The minimum Gasteiger partial charge on any atom is -0.481 e. The van der Waals surface area contributed by atoms with E-state index in [1.807, 2.05) is 7.11 Å².